The molecule has 2 aromatic heterocycles. The van der Waals surface area contributed by atoms with Gasteiger partial charge < -0.3 is 4.42 Å². The van der Waals surface area contributed by atoms with Crippen LogP contribution in [-0.2, 0) is 0 Å². The van der Waals surface area contributed by atoms with Crippen LogP contribution in [0.15, 0.2) is 114 Å². The molecule has 3 nitrogen and oxygen atoms in total. The van der Waals surface area contributed by atoms with E-state index >= 15 is 0 Å². The number of benzene rings is 5. The summed E-state index contributed by atoms with van der Waals surface area (Å²) in [6, 6.07) is 31.7. The Morgan fingerprint density at radius 3 is 1.94 bits per heavy atom. The molecule has 0 unspecified atom stereocenters. The summed E-state index contributed by atoms with van der Waals surface area (Å²) in [5, 5.41) is 7.33. The fraction of sp³-hybridized carbons (Fsp3) is 0. The highest BCUT2D eigenvalue weighted by molar-refractivity contribution is 6.27. The molecule has 2 heterocycles. The van der Waals surface area contributed by atoms with E-state index in [0.717, 1.165) is 27.8 Å². The first-order chi connectivity index (χ1) is 16.4. The van der Waals surface area contributed by atoms with Gasteiger partial charge in [0.25, 0.3) is 0 Å². The van der Waals surface area contributed by atoms with E-state index in [4.69, 9.17) is 4.42 Å². The summed E-state index contributed by atoms with van der Waals surface area (Å²) in [4.78, 5) is 8.97. The third kappa shape index (κ3) is 2.76. The van der Waals surface area contributed by atoms with E-state index in [1.54, 1.807) is 0 Å². The first kappa shape index (κ1) is 18.1. The van der Waals surface area contributed by atoms with Gasteiger partial charge in [-0.3, -0.25) is 4.98 Å². The molecule has 0 fully saturated rings. The van der Waals surface area contributed by atoms with Gasteiger partial charge in [-0.25, -0.2) is 4.98 Å². The zero-order valence-electron chi connectivity index (χ0n) is 17.7. The van der Waals surface area contributed by atoms with Crippen molar-refractivity contribution >= 4 is 32.3 Å². The molecule has 5 aromatic carbocycles. The molecule has 7 rings (SSSR count). The molecular weight excluding hydrogens is 404 g/mol. The van der Waals surface area contributed by atoms with Crippen LogP contribution in [0.3, 0.4) is 0 Å². The molecule has 7 aromatic rings. The molecule has 0 aliphatic rings. The van der Waals surface area contributed by atoms with Crippen molar-refractivity contribution in [2.45, 2.75) is 0 Å². The van der Waals surface area contributed by atoms with Crippen LogP contribution >= 0.6 is 0 Å². The maximum atomic E-state index is 6.22. The van der Waals surface area contributed by atoms with Gasteiger partial charge in [0.2, 0.25) is 5.89 Å². The Morgan fingerprint density at radius 1 is 0.545 bits per heavy atom. The fourth-order valence-electron chi connectivity index (χ4n) is 4.90. The third-order valence-corrected chi connectivity index (χ3v) is 6.43. The number of hydrogen-bond donors (Lipinski definition) is 0. The number of oxazole rings is 1. The van der Waals surface area contributed by atoms with Crippen LogP contribution in [-0.4, -0.2) is 9.97 Å². The lowest BCUT2D eigenvalue weighted by molar-refractivity contribution is 0.589. The predicted molar refractivity (Wildman–Crippen MR) is 134 cm³/mol. The Kier molecular flexibility index (Phi) is 3.84. The lowest BCUT2D eigenvalue weighted by Crippen LogP contribution is -1.89. The lowest BCUT2D eigenvalue weighted by Gasteiger charge is -2.15. The third-order valence-electron chi connectivity index (χ3n) is 6.43. The molecule has 0 radical (unpaired) electrons. The van der Waals surface area contributed by atoms with Crippen molar-refractivity contribution in [2.24, 2.45) is 0 Å². The molecular formula is C30H18N2O. The summed E-state index contributed by atoms with van der Waals surface area (Å²) < 4.78 is 6.22. The Labute approximate surface area is 190 Å². The molecule has 0 N–H and O–H groups in total. The molecule has 0 spiro atoms. The Hall–Kier alpha value is -4.50. The zero-order chi connectivity index (χ0) is 21.8. The summed E-state index contributed by atoms with van der Waals surface area (Å²) >= 11 is 0. The summed E-state index contributed by atoms with van der Waals surface area (Å²) in [5.74, 6) is 1.41. The van der Waals surface area contributed by atoms with Crippen LogP contribution in [0.2, 0.25) is 0 Å². The maximum absolute atomic E-state index is 6.22. The minimum Gasteiger partial charge on any atom is -0.436 e. The minimum absolute atomic E-state index is 0.638. The van der Waals surface area contributed by atoms with E-state index in [0.29, 0.717) is 5.89 Å². The molecule has 0 amide bonds. The summed E-state index contributed by atoms with van der Waals surface area (Å²) in [7, 11) is 0. The molecule has 0 atom stereocenters. The van der Waals surface area contributed by atoms with E-state index in [-0.39, 0.29) is 0 Å². The van der Waals surface area contributed by atoms with Crippen LogP contribution in [0.1, 0.15) is 0 Å². The quantitative estimate of drug-likeness (QED) is 0.271. The summed E-state index contributed by atoms with van der Waals surface area (Å²) in [5.41, 5.74) is 4.34. The topological polar surface area (TPSA) is 38.9 Å². The van der Waals surface area contributed by atoms with Crippen LogP contribution in [0.5, 0.6) is 0 Å². The monoisotopic (exact) mass is 422 g/mol. The molecule has 33 heavy (non-hydrogen) atoms. The average molecular weight is 422 g/mol. The zero-order valence-corrected chi connectivity index (χ0v) is 17.7. The maximum Gasteiger partial charge on any atom is 0.227 e. The second-order valence-electron chi connectivity index (χ2n) is 8.29. The molecule has 3 heteroatoms. The molecule has 154 valence electrons. The van der Waals surface area contributed by atoms with Crippen molar-refractivity contribution < 1.29 is 4.42 Å². The summed E-state index contributed by atoms with van der Waals surface area (Å²) in [6.07, 6.45) is 5.55. The van der Waals surface area contributed by atoms with Gasteiger partial charge in [0, 0.05) is 29.1 Å². The highest BCUT2D eigenvalue weighted by atomic mass is 16.4. The van der Waals surface area contributed by atoms with Gasteiger partial charge in [0.15, 0.2) is 5.76 Å². The van der Waals surface area contributed by atoms with E-state index in [1.165, 1.54) is 32.5 Å². The smallest absolute Gasteiger partial charge is 0.227 e. The summed E-state index contributed by atoms with van der Waals surface area (Å²) in [6.45, 7) is 0. The number of pyridine rings is 1. The second kappa shape index (κ2) is 7.01. The fourth-order valence-corrected chi connectivity index (χ4v) is 4.90. The van der Waals surface area contributed by atoms with Crippen LogP contribution in [0, 0.1) is 0 Å². The van der Waals surface area contributed by atoms with Crippen molar-refractivity contribution in [1.29, 1.82) is 0 Å². The van der Waals surface area contributed by atoms with Gasteiger partial charge in [-0.15, -0.1) is 0 Å². The van der Waals surface area contributed by atoms with Gasteiger partial charge in [-0.05, 0) is 50.0 Å². The Morgan fingerprint density at radius 2 is 1.21 bits per heavy atom. The van der Waals surface area contributed by atoms with E-state index < -0.39 is 0 Å². The van der Waals surface area contributed by atoms with Crippen LogP contribution in [0.25, 0.3) is 66.2 Å². The van der Waals surface area contributed by atoms with Crippen molar-refractivity contribution in [3.05, 3.63) is 110 Å². The highest BCUT2D eigenvalue weighted by Gasteiger charge is 2.17. The molecule has 0 bridgehead atoms. The molecule has 0 saturated carbocycles. The van der Waals surface area contributed by atoms with Crippen molar-refractivity contribution in [3.8, 4) is 33.9 Å². The molecule has 0 aliphatic heterocycles. The van der Waals surface area contributed by atoms with Gasteiger partial charge in [0.05, 0.1) is 6.20 Å². The number of nitrogens with zero attached hydrogens (tertiary/aromatic N) is 2. The van der Waals surface area contributed by atoms with Crippen molar-refractivity contribution in [3.63, 3.8) is 0 Å². The average Bonchev–Trinajstić information content (AvgIpc) is 3.38. The van der Waals surface area contributed by atoms with Gasteiger partial charge in [-0.1, -0.05) is 78.9 Å². The minimum atomic E-state index is 0.638. The Balaban J connectivity index is 1.49. The van der Waals surface area contributed by atoms with E-state index in [9.17, 15) is 0 Å². The molecule has 0 saturated heterocycles. The van der Waals surface area contributed by atoms with Crippen molar-refractivity contribution in [2.75, 3.05) is 0 Å². The van der Waals surface area contributed by atoms with Crippen LogP contribution < -0.4 is 0 Å². The standard InChI is InChI=1S/C30H18N2O/c1-2-5-19(6-3-1)27-18-32-30(33-27)26-15-11-21-9-13-24-23(22-7-4-16-31-17-22)12-8-20-10-14-25(26)29(21)28(20)24/h1-18H. The Bertz CT molecular complexity index is 1750. The van der Waals surface area contributed by atoms with E-state index in [1.807, 2.05) is 55.0 Å². The lowest BCUT2D eigenvalue weighted by atomic mass is 9.89. The molecule has 0 aliphatic carbocycles. The number of rotatable bonds is 3. The largest absolute Gasteiger partial charge is 0.436 e. The number of hydrogen-bond acceptors (Lipinski definition) is 3. The predicted octanol–water partition coefficient (Wildman–Crippen LogP) is 7.97. The highest BCUT2D eigenvalue weighted by Crippen LogP contribution is 2.42. The van der Waals surface area contributed by atoms with E-state index in [2.05, 4.69) is 64.6 Å². The van der Waals surface area contributed by atoms with Crippen LogP contribution in [0.4, 0.5) is 0 Å². The normalized spacial score (nSPS) is 11.6. The van der Waals surface area contributed by atoms with Crippen molar-refractivity contribution in [1.82, 2.24) is 9.97 Å². The second-order valence-corrected chi connectivity index (χ2v) is 8.29. The van der Waals surface area contributed by atoms with Gasteiger partial charge in [-0.2, -0.15) is 0 Å². The SMILES string of the molecule is c1ccc(-c2cnc(-c3ccc4ccc5c(-c6cccnc6)ccc6ccc3c4c65)o2)cc1. The van der Waals surface area contributed by atoms with Gasteiger partial charge >= 0.3 is 0 Å². The first-order valence-corrected chi connectivity index (χ1v) is 11.0. The number of aromatic nitrogens is 2. The van der Waals surface area contributed by atoms with Gasteiger partial charge in [0.1, 0.15) is 0 Å². The first-order valence-electron chi connectivity index (χ1n) is 11.0.